The van der Waals surface area contributed by atoms with E-state index in [0.717, 1.165) is 17.9 Å². The minimum atomic E-state index is 0.350. The third kappa shape index (κ3) is 3.51. The van der Waals surface area contributed by atoms with Gasteiger partial charge in [-0.05, 0) is 36.1 Å². The highest BCUT2D eigenvalue weighted by molar-refractivity contribution is 5.56. The molecule has 2 aromatic rings. The fourth-order valence-electron chi connectivity index (χ4n) is 1.85. The molecule has 1 unspecified atom stereocenters. The van der Waals surface area contributed by atoms with Crippen LogP contribution < -0.4 is 11.1 Å². The van der Waals surface area contributed by atoms with Crippen molar-refractivity contribution in [2.75, 3.05) is 5.32 Å². The van der Waals surface area contributed by atoms with Gasteiger partial charge in [0.05, 0.1) is 6.54 Å². The molecule has 3 N–H and O–H groups in total. The second-order valence-electron chi connectivity index (χ2n) is 4.62. The van der Waals surface area contributed by atoms with Crippen LogP contribution in [0.3, 0.4) is 0 Å². The molecule has 0 aliphatic carbocycles. The zero-order chi connectivity index (χ0) is 13.7. The van der Waals surface area contributed by atoms with Crippen molar-refractivity contribution >= 4 is 11.5 Å². The van der Waals surface area contributed by atoms with Gasteiger partial charge in [-0.15, -0.1) is 0 Å². The number of rotatable bonds is 5. The van der Waals surface area contributed by atoms with Crippen molar-refractivity contribution in [1.29, 1.82) is 0 Å². The number of benzene rings is 1. The molecule has 0 radical (unpaired) electrons. The van der Waals surface area contributed by atoms with E-state index in [1.807, 2.05) is 6.07 Å². The van der Waals surface area contributed by atoms with Gasteiger partial charge in [-0.1, -0.05) is 26.0 Å². The van der Waals surface area contributed by atoms with Crippen LogP contribution in [0.25, 0.3) is 0 Å². The highest BCUT2D eigenvalue weighted by Crippen LogP contribution is 2.21. The Kier molecular flexibility index (Phi) is 4.47. The Morgan fingerprint density at radius 2 is 1.95 bits per heavy atom. The summed E-state index contributed by atoms with van der Waals surface area (Å²) < 4.78 is 0. The molecule has 100 valence electrons. The Morgan fingerprint density at radius 1 is 1.21 bits per heavy atom. The molecule has 0 amide bonds. The number of nitrogens with one attached hydrogen (secondary N) is 1. The molecule has 1 aromatic heterocycles. The van der Waals surface area contributed by atoms with Crippen molar-refractivity contribution in [2.45, 2.75) is 32.7 Å². The van der Waals surface area contributed by atoms with Crippen molar-refractivity contribution in [3.63, 3.8) is 0 Å². The molecule has 1 atom stereocenters. The normalized spacial score (nSPS) is 12.2. The summed E-state index contributed by atoms with van der Waals surface area (Å²) in [4.78, 5) is 8.38. The molecule has 2 rings (SSSR count). The van der Waals surface area contributed by atoms with Crippen molar-refractivity contribution in [3.05, 3.63) is 47.9 Å². The Morgan fingerprint density at radius 3 is 2.58 bits per heavy atom. The summed E-state index contributed by atoms with van der Waals surface area (Å²) in [6.07, 6.45) is 2.86. The van der Waals surface area contributed by atoms with Crippen LogP contribution in [0.4, 0.5) is 11.5 Å². The second-order valence-corrected chi connectivity index (χ2v) is 4.62. The molecular weight excluding hydrogens is 236 g/mol. The van der Waals surface area contributed by atoms with Crippen LogP contribution in [-0.4, -0.2) is 9.97 Å². The van der Waals surface area contributed by atoms with Crippen molar-refractivity contribution in [3.8, 4) is 0 Å². The van der Waals surface area contributed by atoms with Gasteiger partial charge in [-0.25, -0.2) is 9.97 Å². The molecule has 19 heavy (non-hydrogen) atoms. The number of aromatic nitrogens is 2. The molecule has 0 aliphatic heterocycles. The lowest BCUT2D eigenvalue weighted by Gasteiger charge is -2.11. The molecule has 0 saturated carbocycles. The molecule has 0 saturated heterocycles. The highest BCUT2D eigenvalue weighted by Gasteiger charge is 2.03. The number of nitrogens with zero attached hydrogens (tertiary/aromatic N) is 2. The van der Waals surface area contributed by atoms with Crippen molar-refractivity contribution < 1.29 is 0 Å². The zero-order valence-electron chi connectivity index (χ0n) is 11.4. The Hall–Kier alpha value is -1.94. The van der Waals surface area contributed by atoms with E-state index in [1.165, 1.54) is 5.56 Å². The lowest BCUT2D eigenvalue weighted by Crippen LogP contribution is -2.04. The molecule has 1 aromatic carbocycles. The predicted octanol–water partition coefficient (Wildman–Crippen LogP) is 3.19. The summed E-state index contributed by atoms with van der Waals surface area (Å²) in [6.45, 7) is 4.79. The SMILES string of the molecule is CCC(C)c1ccc(Nc2ccnc(CN)n2)cc1. The lowest BCUT2D eigenvalue weighted by molar-refractivity contribution is 0.734. The maximum atomic E-state index is 5.53. The summed E-state index contributed by atoms with van der Waals surface area (Å²) in [5.74, 6) is 2.00. The average molecular weight is 256 g/mol. The van der Waals surface area contributed by atoms with E-state index in [4.69, 9.17) is 5.73 Å². The molecule has 4 nitrogen and oxygen atoms in total. The van der Waals surface area contributed by atoms with Crippen LogP contribution >= 0.6 is 0 Å². The first-order chi connectivity index (χ1) is 9.22. The third-order valence-corrected chi connectivity index (χ3v) is 3.25. The van der Waals surface area contributed by atoms with Crippen LogP contribution in [0.2, 0.25) is 0 Å². The number of hydrogen-bond donors (Lipinski definition) is 2. The first kappa shape index (κ1) is 13.5. The summed E-state index contributed by atoms with van der Waals surface area (Å²) in [7, 11) is 0. The van der Waals surface area contributed by atoms with Gasteiger partial charge in [0.15, 0.2) is 0 Å². The van der Waals surface area contributed by atoms with E-state index in [-0.39, 0.29) is 0 Å². The minimum absolute atomic E-state index is 0.350. The standard InChI is InChI=1S/C15H20N4/c1-3-11(2)12-4-6-13(7-5-12)18-14-8-9-17-15(10-16)19-14/h4-9,11H,3,10,16H2,1-2H3,(H,17,18,19). The van der Waals surface area contributed by atoms with Crippen molar-refractivity contribution in [1.82, 2.24) is 9.97 Å². The van der Waals surface area contributed by atoms with E-state index in [2.05, 4.69) is 53.4 Å². The molecule has 0 bridgehead atoms. The molecular formula is C15H20N4. The third-order valence-electron chi connectivity index (χ3n) is 3.25. The smallest absolute Gasteiger partial charge is 0.144 e. The second kappa shape index (κ2) is 6.29. The van der Waals surface area contributed by atoms with Crippen LogP contribution in [0.5, 0.6) is 0 Å². The largest absolute Gasteiger partial charge is 0.340 e. The molecule has 0 spiro atoms. The number of hydrogen-bond acceptors (Lipinski definition) is 4. The monoisotopic (exact) mass is 256 g/mol. The predicted molar refractivity (Wildman–Crippen MR) is 78.4 cm³/mol. The van der Waals surface area contributed by atoms with E-state index in [9.17, 15) is 0 Å². The topological polar surface area (TPSA) is 63.8 Å². The van der Waals surface area contributed by atoms with Gasteiger partial charge in [-0.3, -0.25) is 0 Å². The maximum Gasteiger partial charge on any atom is 0.144 e. The van der Waals surface area contributed by atoms with E-state index >= 15 is 0 Å². The fourth-order valence-corrected chi connectivity index (χ4v) is 1.85. The summed E-state index contributed by atoms with van der Waals surface area (Å²) in [6, 6.07) is 10.3. The zero-order valence-corrected chi connectivity index (χ0v) is 11.4. The Balaban J connectivity index is 2.10. The fraction of sp³-hybridized carbons (Fsp3) is 0.333. The molecule has 0 aliphatic rings. The van der Waals surface area contributed by atoms with Gasteiger partial charge in [0, 0.05) is 11.9 Å². The quantitative estimate of drug-likeness (QED) is 0.862. The van der Waals surface area contributed by atoms with Gasteiger partial charge in [0.1, 0.15) is 11.6 Å². The first-order valence-electron chi connectivity index (χ1n) is 6.62. The van der Waals surface area contributed by atoms with Gasteiger partial charge in [0.25, 0.3) is 0 Å². The van der Waals surface area contributed by atoms with E-state index in [1.54, 1.807) is 6.20 Å². The van der Waals surface area contributed by atoms with Gasteiger partial charge in [0.2, 0.25) is 0 Å². The molecule has 1 heterocycles. The number of nitrogens with two attached hydrogens (primary N) is 1. The van der Waals surface area contributed by atoms with Gasteiger partial charge < -0.3 is 11.1 Å². The highest BCUT2D eigenvalue weighted by atomic mass is 15.0. The summed E-state index contributed by atoms with van der Waals surface area (Å²) in [5.41, 5.74) is 7.91. The van der Waals surface area contributed by atoms with Gasteiger partial charge in [-0.2, -0.15) is 0 Å². The lowest BCUT2D eigenvalue weighted by atomic mass is 9.99. The van der Waals surface area contributed by atoms with Crippen molar-refractivity contribution in [2.24, 2.45) is 5.73 Å². The molecule has 4 heteroatoms. The van der Waals surface area contributed by atoms with Crippen LogP contribution in [0.15, 0.2) is 36.5 Å². The van der Waals surface area contributed by atoms with E-state index < -0.39 is 0 Å². The minimum Gasteiger partial charge on any atom is -0.340 e. The van der Waals surface area contributed by atoms with Gasteiger partial charge >= 0.3 is 0 Å². The Bertz CT molecular complexity index is 522. The number of anilines is 2. The van der Waals surface area contributed by atoms with Crippen LogP contribution in [-0.2, 0) is 6.54 Å². The van der Waals surface area contributed by atoms with Crippen LogP contribution in [0, 0.1) is 0 Å². The van der Waals surface area contributed by atoms with Crippen LogP contribution in [0.1, 0.15) is 37.6 Å². The first-order valence-corrected chi connectivity index (χ1v) is 6.62. The summed E-state index contributed by atoms with van der Waals surface area (Å²) in [5, 5.41) is 3.26. The molecule has 0 fully saturated rings. The Labute approximate surface area is 114 Å². The maximum absolute atomic E-state index is 5.53. The van der Waals surface area contributed by atoms with E-state index in [0.29, 0.717) is 18.3 Å². The average Bonchev–Trinajstić information content (AvgIpc) is 2.47. The summed E-state index contributed by atoms with van der Waals surface area (Å²) >= 11 is 0.